The summed E-state index contributed by atoms with van der Waals surface area (Å²) in [5, 5.41) is 0.756. The average molecular weight is 570 g/mol. The maximum absolute atomic E-state index is 13.0. The fraction of sp³-hybridized carbons (Fsp3) is 0.357. The zero-order valence-corrected chi connectivity index (χ0v) is 23.1. The van der Waals surface area contributed by atoms with Crippen molar-refractivity contribution in [1.82, 2.24) is 9.97 Å². The van der Waals surface area contributed by atoms with E-state index in [2.05, 4.69) is 40.8 Å². The topological polar surface area (TPSA) is 73.4 Å². The number of ether oxygens (including phenoxy) is 3. The van der Waals surface area contributed by atoms with Crippen molar-refractivity contribution >= 4 is 37.5 Å². The lowest BCUT2D eigenvalue weighted by Crippen LogP contribution is -2.12. The molecule has 0 saturated carbocycles. The summed E-state index contributed by atoms with van der Waals surface area (Å²) < 4.78 is 18.5. The van der Waals surface area contributed by atoms with Gasteiger partial charge in [0, 0.05) is 10.4 Å². The first-order valence-electron chi connectivity index (χ1n) is 12.3. The van der Waals surface area contributed by atoms with Gasteiger partial charge in [0.2, 0.25) is 0 Å². The molecule has 5 rings (SSSR count). The number of fused-ring (bicyclic) bond motifs is 3. The number of thiophene rings is 1. The monoisotopic (exact) mass is 568 g/mol. The van der Waals surface area contributed by atoms with Crippen LogP contribution in [0.25, 0.3) is 21.6 Å². The quantitative estimate of drug-likeness (QED) is 0.237. The molecule has 0 unspecified atom stereocenters. The molecule has 0 atom stereocenters. The van der Waals surface area contributed by atoms with Crippen LogP contribution in [0.4, 0.5) is 0 Å². The summed E-state index contributed by atoms with van der Waals surface area (Å²) in [6.07, 6.45) is 4.29. The average Bonchev–Trinajstić information content (AvgIpc) is 3.24. The van der Waals surface area contributed by atoms with Crippen LogP contribution in [0.2, 0.25) is 0 Å². The van der Waals surface area contributed by atoms with Crippen LogP contribution in [-0.2, 0) is 12.8 Å². The molecule has 6 nitrogen and oxygen atoms in total. The van der Waals surface area contributed by atoms with E-state index in [0.29, 0.717) is 37.1 Å². The molecule has 36 heavy (non-hydrogen) atoms. The van der Waals surface area contributed by atoms with Gasteiger partial charge in [0.05, 0.1) is 16.5 Å². The van der Waals surface area contributed by atoms with E-state index in [1.807, 2.05) is 31.2 Å². The molecule has 0 saturated heterocycles. The minimum absolute atomic E-state index is 0.0766. The fourth-order valence-electron chi connectivity index (χ4n) is 4.52. The largest absolute Gasteiger partial charge is 0.490 e. The van der Waals surface area contributed by atoms with E-state index in [1.54, 1.807) is 11.3 Å². The third-order valence-corrected chi connectivity index (χ3v) is 8.26. The van der Waals surface area contributed by atoms with Gasteiger partial charge in [0.15, 0.2) is 11.5 Å². The van der Waals surface area contributed by atoms with E-state index >= 15 is 0 Å². The highest BCUT2D eigenvalue weighted by Crippen LogP contribution is 2.40. The first-order chi connectivity index (χ1) is 17.4. The summed E-state index contributed by atoms with van der Waals surface area (Å²) in [6, 6.07) is 9.81. The van der Waals surface area contributed by atoms with Gasteiger partial charge in [-0.15, -0.1) is 11.3 Å². The summed E-state index contributed by atoms with van der Waals surface area (Å²) in [5.41, 5.74) is 4.29. The molecule has 0 bridgehead atoms. The van der Waals surface area contributed by atoms with Crippen molar-refractivity contribution in [1.29, 1.82) is 0 Å². The predicted octanol–water partition coefficient (Wildman–Crippen LogP) is 6.77. The molecule has 0 amide bonds. The minimum atomic E-state index is -0.0766. The van der Waals surface area contributed by atoms with Gasteiger partial charge in [-0.3, -0.25) is 4.79 Å². The minimum Gasteiger partial charge on any atom is -0.490 e. The highest BCUT2D eigenvalue weighted by molar-refractivity contribution is 9.10. The van der Waals surface area contributed by atoms with Gasteiger partial charge in [-0.2, -0.15) is 0 Å². The van der Waals surface area contributed by atoms with Gasteiger partial charge in [-0.25, -0.2) is 4.98 Å². The predicted molar refractivity (Wildman–Crippen MR) is 148 cm³/mol. The van der Waals surface area contributed by atoms with Crippen LogP contribution in [0.1, 0.15) is 41.3 Å². The standard InChI is InChI=1S/C28H29BrN2O4S/c1-4-33-22-15-18(26-30-27(32)24-20-7-5-6-8-23(20)36-28(24)31-26)14-21(29)25(22)35-12-11-34-19-10-9-16(2)17(3)13-19/h9-10,13-15H,4-8,11-12H2,1-3H3,(H,30,31,32). The van der Waals surface area contributed by atoms with Crippen LogP contribution in [0, 0.1) is 13.8 Å². The molecule has 188 valence electrons. The van der Waals surface area contributed by atoms with E-state index < -0.39 is 0 Å². The van der Waals surface area contributed by atoms with Crippen molar-refractivity contribution in [2.75, 3.05) is 19.8 Å². The van der Waals surface area contributed by atoms with Crippen molar-refractivity contribution < 1.29 is 14.2 Å². The second-order valence-electron chi connectivity index (χ2n) is 8.97. The molecule has 4 aromatic rings. The molecule has 2 aromatic heterocycles. The number of benzene rings is 2. The van der Waals surface area contributed by atoms with E-state index in [1.165, 1.54) is 28.0 Å². The van der Waals surface area contributed by atoms with Gasteiger partial charge in [-0.05, 0) is 103 Å². The Morgan fingerprint density at radius 1 is 1.03 bits per heavy atom. The first-order valence-corrected chi connectivity index (χ1v) is 13.9. The summed E-state index contributed by atoms with van der Waals surface area (Å²) in [6.45, 7) is 7.30. The smallest absolute Gasteiger partial charge is 0.260 e. The zero-order chi connectivity index (χ0) is 25.2. The van der Waals surface area contributed by atoms with Crippen molar-refractivity contribution in [3.8, 4) is 28.6 Å². The Morgan fingerprint density at radius 2 is 1.83 bits per heavy atom. The second kappa shape index (κ2) is 10.6. The normalized spacial score (nSPS) is 13.0. The molecule has 0 fully saturated rings. The molecule has 1 N–H and O–H groups in total. The number of halogens is 1. The van der Waals surface area contributed by atoms with Crippen molar-refractivity contribution in [3.63, 3.8) is 0 Å². The Balaban J connectivity index is 1.38. The van der Waals surface area contributed by atoms with Crippen molar-refractivity contribution in [2.45, 2.75) is 46.5 Å². The zero-order valence-electron chi connectivity index (χ0n) is 20.7. The summed E-state index contributed by atoms with van der Waals surface area (Å²) in [5.74, 6) is 2.53. The number of H-pyrrole nitrogens is 1. The molecule has 0 aliphatic heterocycles. The van der Waals surface area contributed by atoms with Crippen LogP contribution in [0.5, 0.6) is 17.2 Å². The van der Waals surface area contributed by atoms with Crippen molar-refractivity contribution in [2.24, 2.45) is 0 Å². The Bertz CT molecular complexity index is 1480. The molecule has 8 heteroatoms. The molecule has 2 heterocycles. The lowest BCUT2D eigenvalue weighted by atomic mass is 9.97. The molecule has 0 spiro atoms. The third kappa shape index (κ3) is 5.02. The lowest BCUT2D eigenvalue weighted by Gasteiger charge is -2.16. The molecular formula is C28H29BrN2O4S. The molecule has 1 aliphatic carbocycles. The Hall–Kier alpha value is -2.84. The van der Waals surface area contributed by atoms with E-state index in [-0.39, 0.29) is 5.56 Å². The van der Waals surface area contributed by atoms with E-state index in [0.717, 1.165) is 45.3 Å². The SMILES string of the molecule is CCOc1cc(-c2nc3sc4c(c3c(=O)[nH]2)CCCC4)cc(Br)c1OCCOc1ccc(C)c(C)c1. The number of aryl methyl sites for hydroxylation is 4. The number of aromatic nitrogens is 2. The maximum atomic E-state index is 13.0. The highest BCUT2D eigenvalue weighted by Gasteiger charge is 2.21. The number of nitrogens with one attached hydrogen (secondary N) is 1. The van der Waals surface area contributed by atoms with E-state index in [4.69, 9.17) is 19.2 Å². The second-order valence-corrected chi connectivity index (χ2v) is 10.9. The first kappa shape index (κ1) is 24.8. The van der Waals surface area contributed by atoms with Crippen LogP contribution < -0.4 is 19.8 Å². The van der Waals surface area contributed by atoms with Gasteiger partial charge in [0.1, 0.15) is 29.6 Å². The van der Waals surface area contributed by atoms with Crippen LogP contribution in [0.3, 0.4) is 0 Å². The van der Waals surface area contributed by atoms with Gasteiger partial charge in [0.25, 0.3) is 5.56 Å². The molecule has 0 radical (unpaired) electrons. The summed E-state index contributed by atoms with van der Waals surface area (Å²) in [4.78, 5) is 23.0. The Morgan fingerprint density at radius 3 is 2.64 bits per heavy atom. The van der Waals surface area contributed by atoms with Gasteiger partial charge < -0.3 is 19.2 Å². The highest BCUT2D eigenvalue weighted by atomic mass is 79.9. The van der Waals surface area contributed by atoms with Gasteiger partial charge >= 0.3 is 0 Å². The number of hydrogen-bond donors (Lipinski definition) is 1. The lowest BCUT2D eigenvalue weighted by molar-refractivity contribution is 0.207. The fourth-order valence-corrected chi connectivity index (χ4v) is 6.33. The van der Waals surface area contributed by atoms with Gasteiger partial charge in [-0.1, -0.05) is 6.07 Å². The van der Waals surface area contributed by atoms with E-state index in [9.17, 15) is 4.79 Å². The Kier molecular flexibility index (Phi) is 7.34. The number of hydrogen-bond acceptors (Lipinski definition) is 6. The summed E-state index contributed by atoms with van der Waals surface area (Å²) >= 11 is 5.28. The van der Waals surface area contributed by atoms with Crippen molar-refractivity contribution in [3.05, 3.63) is 66.7 Å². The summed E-state index contributed by atoms with van der Waals surface area (Å²) in [7, 11) is 0. The maximum Gasteiger partial charge on any atom is 0.260 e. The molecular weight excluding hydrogens is 540 g/mol. The number of rotatable bonds is 8. The third-order valence-electron chi connectivity index (χ3n) is 6.48. The molecule has 2 aromatic carbocycles. The Labute approximate surface area is 222 Å². The number of aromatic amines is 1. The van der Waals surface area contributed by atoms with Crippen LogP contribution in [-0.4, -0.2) is 29.8 Å². The molecule has 1 aliphatic rings. The number of nitrogens with zero attached hydrogens (tertiary/aromatic N) is 1. The van der Waals surface area contributed by atoms with Crippen LogP contribution >= 0.6 is 27.3 Å². The van der Waals surface area contributed by atoms with Crippen LogP contribution in [0.15, 0.2) is 39.6 Å².